The second-order valence-electron chi connectivity index (χ2n) is 5.19. The fourth-order valence-corrected chi connectivity index (χ4v) is 3.44. The minimum absolute atomic E-state index is 0.0262. The molecular weight excluding hydrogens is 290 g/mol. The predicted molar refractivity (Wildman–Crippen MR) is 80.0 cm³/mol. The van der Waals surface area contributed by atoms with E-state index in [2.05, 4.69) is 4.72 Å². The molecule has 0 spiro atoms. The van der Waals surface area contributed by atoms with Gasteiger partial charge in [0.2, 0.25) is 15.9 Å². The Hall–Kier alpha value is -1.44. The van der Waals surface area contributed by atoms with Crippen LogP contribution in [0.25, 0.3) is 0 Å². The summed E-state index contributed by atoms with van der Waals surface area (Å²) in [7, 11) is -3.54. The lowest BCUT2D eigenvalue weighted by Crippen LogP contribution is -2.33. The van der Waals surface area contributed by atoms with Crippen molar-refractivity contribution >= 4 is 15.9 Å². The maximum atomic E-state index is 12.0. The van der Waals surface area contributed by atoms with Gasteiger partial charge in [-0.1, -0.05) is 18.2 Å². The van der Waals surface area contributed by atoms with E-state index in [4.69, 9.17) is 5.73 Å². The SMILES string of the molecule is NCC1CCN(C(=O)CCNS(=O)(=O)c2ccccc2)C1. The fourth-order valence-electron chi connectivity index (χ4n) is 2.38. The molecule has 1 aliphatic heterocycles. The number of amides is 1. The van der Waals surface area contributed by atoms with Crippen molar-refractivity contribution in [2.45, 2.75) is 17.7 Å². The normalized spacial score (nSPS) is 18.9. The zero-order valence-corrected chi connectivity index (χ0v) is 12.7. The first-order chi connectivity index (χ1) is 10.0. The van der Waals surface area contributed by atoms with Crippen LogP contribution < -0.4 is 10.5 Å². The van der Waals surface area contributed by atoms with Crippen LogP contribution in [0.15, 0.2) is 35.2 Å². The number of rotatable bonds is 6. The summed E-state index contributed by atoms with van der Waals surface area (Å²) < 4.78 is 26.4. The summed E-state index contributed by atoms with van der Waals surface area (Å²) in [6.07, 6.45) is 1.10. The molecule has 1 aromatic carbocycles. The molecule has 0 aromatic heterocycles. The Balaban J connectivity index is 1.80. The topological polar surface area (TPSA) is 92.5 Å². The molecule has 1 unspecified atom stereocenters. The number of sulfonamides is 1. The van der Waals surface area contributed by atoms with Gasteiger partial charge in [-0.25, -0.2) is 13.1 Å². The van der Waals surface area contributed by atoms with E-state index in [-0.39, 0.29) is 23.8 Å². The Kier molecular flexibility index (Phi) is 5.33. The number of carbonyl (C=O) groups excluding carboxylic acids is 1. The third-order valence-electron chi connectivity index (χ3n) is 3.66. The molecule has 1 saturated heterocycles. The fraction of sp³-hybridized carbons (Fsp3) is 0.500. The van der Waals surface area contributed by atoms with Gasteiger partial charge in [0.15, 0.2) is 0 Å². The van der Waals surface area contributed by atoms with Gasteiger partial charge in [-0.05, 0) is 31.0 Å². The van der Waals surface area contributed by atoms with Crippen LogP contribution in [0.2, 0.25) is 0 Å². The minimum atomic E-state index is -3.54. The molecule has 0 radical (unpaired) electrons. The number of hydrogen-bond donors (Lipinski definition) is 2. The molecule has 6 nitrogen and oxygen atoms in total. The van der Waals surface area contributed by atoms with Crippen LogP contribution in [-0.4, -0.2) is 45.4 Å². The van der Waals surface area contributed by atoms with Crippen LogP contribution >= 0.6 is 0 Å². The van der Waals surface area contributed by atoms with Gasteiger partial charge < -0.3 is 10.6 Å². The molecule has 1 aromatic rings. The smallest absolute Gasteiger partial charge is 0.240 e. The van der Waals surface area contributed by atoms with Crippen molar-refractivity contribution in [2.75, 3.05) is 26.2 Å². The van der Waals surface area contributed by atoms with Crippen LogP contribution in [-0.2, 0) is 14.8 Å². The Morgan fingerprint density at radius 2 is 2.05 bits per heavy atom. The average Bonchev–Trinajstić information content (AvgIpc) is 2.97. The lowest BCUT2D eigenvalue weighted by atomic mass is 10.1. The molecule has 1 amide bonds. The zero-order chi connectivity index (χ0) is 15.3. The standard InChI is InChI=1S/C14H21N3O3S/c15-10-12-7-9-17(11-12)14(18)6-8-16-21(19,20)13-4-2-1-3-5-13/h1-5,12,16H,6-11,15H2. The Morgan fingerprint density at radius 1 is 1.33 bits per heavy atom. The van der Waals surface area contributed by atoms with E-state index in [1.165, 1.54) is 12.1 Å². The molecule has 2 rings (SSSR count). The predicted octanol–water partition coefficient (Wildman–Crippen LogP) is 0.162. The average molecular weight is 311 g/mol. The highest BCUT2D eigenvalue weighted by atomic mass is 32.2. The van der Waals surface area contributed by atoms with Gasteiger partial charge in [0.05, 0.1) is 4.90 Å². The number of carbonyl (C=O) groups is 1. The largest absolute Gasteiger partial charge is 0.342 e. The highest BCUT2D eigenvalue weighted by molar-refractivity contribution is 7.89. The lowest BCUT2D eigenvalue weighted by molar-refractivity contribution is -0.130. The first-order valence-corrected chi connectivity index (χ1v) is 8.54. The number of nitrogens with one attached hydrogen (secondary N) is 1. The second kappa shape index (κ2) is 7.02. The van der Waals surface area contributed by atoms with Crippen LogP contribution in [0.1, 0.15) is 12.8 Å². The number of nitrogens with zero attached hydrogens (tertiary/aromatic N) is 1. The molecule has 3 N–H and O–H groups in total. The van der Waals surface area contributed by atoms with Gasteiger partial charge in [-0.3, -0.25) is 4.79 Å². The zero-order valence-electron chi connectivity index (χ0n) is 11.9. The maximum absolute atomic E-state index is 12.0. The van der Waals surface area contributed by atoms with E-state index in [0.717, 1.165) is 6.42 Å². The summed E-state index contributed by atoms with van der Waals surface area (Å²) in [5.74, 6) is 0.344. The first-order valence-electron chi connectivity index (χ1n) is 7.05. The van der Waals surface area contributed by atoms with Gasteiger partial charge in [0.1, 0.15) is 0 Å². The molecule has 116 valence electrons. The summed E-state index contributed by atoms with van der Waals surface area (Å²) in [6, 6.07) is 8.13. The third kappa shape index (κ3) is 4.26. The van der Waals surface area contributed by atoms with E-state index in [0.29, 0.717) is 25.6 Å². The second-order valence-corrected chi connectivity index (χ2v) is 6.96. The molecule has 7 heteroatoms. The van der Waals surface area contributed by atoms with Crippen molar-refractivity contribution in [1.82, 2.24) is 9.62 Å². The summed E-state index contributed by atoms with van der Waals surface area (Å²) in [4.78, 5) is 13.9. The van der Waals surface area contributed by atoms with E-state index in [9.17, 15) is 13.2 Å². The van der Waals surface area contributed by atoms with Crippen LogP contribution in [0.3, 0.4) is 0 Å². The Labute approximate surface area is 125 Å². The molecule has 0 saturated carbocycles. The van der Waals surface area contributed by atoms with Crippen molar-refractivity contribution in [1.29, 1.82) is 0 Å². The van der Waals surface area contributed by atoms with E-state index < -0.39 is 10.0 Å². The van der Waals surface area contributed by atoms with Crippen molar-refractivity contribution in [2.24, 2.45) is 11.7 Å². The Morgan fingerprint density at radius 3 is 2.67 bits per heavy atom. The lowest BCUT2D eigenvalue weighted by Gasteiger charge is -2.16. The van der Waals surface area contributed by atoms with Gasteiger partial charge in [0.25, 0.3) is 0 Å². The van der Waals surface area contributed by atoms with Gasteiger partial charge in [-0.15, -0.1) is 0 Å². The summed E-state index contributed by atoms with van der Waals surface area (Å²) in [6.45, 7) is 2.09. The highest BCUT2D eigenvalue weighted by Crippen LogP contribution is 2.15. The molecule has 1 aliphatic rings. The molecule has 0 aliphatic carbocycles. The van der Waals surface area contributed by atoms with Crippen molar-refractivity contribution in [3.05, 3.63) is 30.3 Å². The highest BCUT2D eigenvalue weighted by Gasteiger charge is 2.25. The molecule has 0 bridgehead atoms. The summed E-state index contributed by atoms with van der Waals surface area (Å²) in [5, 5.41) is 0. The van der Waals surface area contributed by atoms with E-state index in [1.54, 1.807) is 23.1 Å². The molecule has 1 heterocycles. The molecule has 21 heavy (non-hydrogen) atoms. The van der Waals surface area contributed by atoms with Crippen LogP contribution in [0.4, 0.5) is 0 Å². The van der Waals surface area contributed by atoms with Crippen molar-refractivity contribution < 1.29 is 13.2 Å². The summed E-state index contributed by atoms with van der Waals surface area (Å²) >= 11 is 0. The number of nitrogens with two attached hydrogens (primary N) is 1. The quantitative estimate of drug-likeness (QED) is 0.783. The maximum Gasteiger partial charge on any atom is 0.240 e. The minimum Gasteiger partial charge on any atom is -0.342 e. The number of benzene rings is 1. The summed E-state index contributed by atoms with van der Waals surface area (Å²) in [5.41, 5.74) is 5.59. The number of likely N-dealkylation sites (tertiary alicyclic amines) is 1. The first kappa shape index (κ1) is 15.9. The van der Waals surface area contributed by atoms with Crippen LogP contribution in [0.5, 0.6) is 0 Å². The molecular formula is C14H21N3O3S. The molecule has 1 fully saturated rings. The van der Waals surface area contributed by atoms with Crippen molar-refractivity contribution in [3.8, 4) is 0 Å². The van der Waals surface area contributed by atoms with Crippen LogP contribution in [0, 0.1) is 5.92 Å². The molecule has 1 atom stereocenters. The van der Waals surface area contributed by atoms with Crippen molar-refractivity contribution in [3.63, 3.8) is 0 Å². The third-order valence-corrected chi connectivity index (χ3v) is 5.13. The van der Waals surface area contributed by atoms with Gasteiger partial charge in [0, 0.05) is 26.1 Å². The number of hydrogen-bond acceptors (Lipinski definition) is 4. The van der Waals surface area contributed by atoms with Gasteiger partial charge in [-0.2, -0.15) is 0 Å². The Bertz CT molecular complexity index is 574. The van der Waals surface area contributed by atoms with E-state index in [1.807, 2.05) is 0 Å². The van der Waals surface area contributed by atoms with Gasteiger partial charge >= 0.3 is 0 Å². The monoisotopic (exact) mass is 311 g/mol. The van der Waals surface area contributed by atoms with E-state index >= 15 is 0 Å².